The highest BCUT2D eigenvalue weighted by Gasteiger charge is 2.33. The minimum atomic E-state index is -3.99. The van der Waals surface area contributed by atoms with Crippen molar-refractivity contribution in [3.63, 3.8) is 0 Å². The van der Waals surface area contributed by atoms with Crippen LogP contribution in [0.3, 0.4) is 0 Å². The number of halogens is 1. The van der Waals surface area contributed by atoms with Gasteiger partial charge in [0, 0.05) is 44.2 Å². The molecule has 3 heterocycles. The van der Waals surface area contributed by atoms with Crippen LogP contribution in [-0.4, -0.2) is 57.5 Å². The third kappa shape index (κ3) is 4.33. The van der Waals surface area contributed by atoms with Gasteiger partial charge in [-0.3, -0.25) is 9.69 Å². The molecule has 0 spiro atoms. The van der Waals surface area contributed by atoms with E-state index in [0.717, 1.165) is 27.1 Å². The molecule has 1 aliphatic heterocycles. The molecule has 1 aliphatic rings. The van der Waals surface area contributed by atoms with Gasteiger partial charge in [-0.25, -0.2) is 4.39 Å². The zero-order valence-electron chi connectivity index (χ0n) is 21.1. The van der Waals surface area contributed by atoms with Crippen molar-refractivity contribution >= 4 is 26.6 Å². The van der Waals surface area contributed by atoms with Crippen LogP contribution in [0.2, 0.25) is 0 Å². The quantitative estimate of drug-likeness (QED) is 0.383. The van der Waals surface area contributed by atoms with E-state index in [4.69, 9.17) is 0 Å². The number of para-hydroxylation sites is 1. The van der Waals surface area contributed by atoms with E-state index in [9.17, 15) is 22.9 Å². The summed E-state index contributed by atoms with van der Waals surface area (Å²) in [5.74, 6) is -0.531. The molecule has 2 atom stereocenters. The first-order valence-corrected chi connectivity index (χ1v) is 13.5. The van der Waals surface area contributed by atoms with E-state index in [1.807, 2.05) is 38.1 Å². The summed E-state index contributed by atoms with van der Waals surface area (Å²) < 4.78 is 41.2. The molecule has 10 nitrogen and oxygen atoms in total. The second-order valence-corrected chi connectivity index (χ2v) is 11.3. The molecular weight excluding hydrogens is 509 g/mol. The van der Waals surface area contributed by atoms with Gasteiger partial charge < -0.3 is 9.47 Å². The predicted octanol–water partition coefficient (Wildman–Crippen LogP) is 2.48. The molecule has 2 aromatic heterocycles. The average Bonchev–Trinajstić information content (AvgIpc) is 3.38. The molecule has 5 rings (SSSR count). The van der Waals surface area contributed by atoms with E-state index >= 15 is 0 Å². The van der Waals surface area contributed by atoms with Crippen LogP contribution in [0, 0.1) is 17.1 Å². The Morgan fingerprint density at radius 3 is 2.50 bits per heavy atom. The van der Waals surface area contributed by atoms with Crippen molar-refractivity contribution in [3.05, 3.63) is 82.2 Å². The molecular formula is C26H26FN7O3S. The Hall–Kier alpha value is -4.08. The maximum atomic E-state index is 13.2. The van der Waals surface area contributed by atoms with Gasteiger partial charge in [-0.1, -0.05) is 23.4 Å². The smallest absolute Gasteiger partial charge is 0.284 e. The van der Waals surface area contributed by atoms with Crippen LogP contribution in [0.15, 0.2) is 64.4 Å². The summed E-state index contributed by atoms with van der Waals surface area (Å²) in [6.07, 6.45) is 1.37. The van der Waals surface area contributed by atoms with Crippen molar-refractivity contribution in [1.82, 2.24) is 23.9 Å². The SMILES string of the molecule is C[C@@H]1CN(c2c(C#N)c(=O)n(C)c3ccccc23)[C@@H](C)CN1Cc1cn(S(=O)(=O)c2ccc(F)cc2)nn1. The first kappa shape index (κ1) is 25.6. The van der Waals surface area contributed by atoms with Crippen LogP contribution in [0.25, 0.3) is 10.9 Å². The summed E-state index contributed by atoms with van der Waals surface area (Å²) in [4.78, 5) is 17.2. The standard InChI is InChI=1S/C26H26FN7O3S/c1-17-14-33(25-22-6-4-5-7-24(22)31(3)26(35)23(25)12-28)18(2)13-32(17)15-20-16-34(30-29-20)38(36,37)21-10-8-19(27)9-11-21/h4-11,16-18H,13-15H2,1-3H3/t17-,18+/m1/s1. The lowest BCUT2D eigenvalue weighted by atomic mass is 10.0. The second kappa shape index (κ2) is 9.66. The normalized spacial score (nSPS) is 18.6. The van der Waals surface area contributed by atoms with Crippen molar-refractivity contribution in [2.24, 2.45) is 7.05 Å². The van der Waals surface area contributed by atoms with Gasteiger partial charge in [0.25, 0.3) is 15.6 Å². The highest BCUT2D eigenvalue weighted by atomic mass is 32.2. The lowest BCUT2D eigenvalue weighted by molar-refractivity contribution is 0.156. The van der Waals surface area contributed by atoms with Crippen LogP contribution in [0.5, 0.6) is 0 Å². The Morgan fingerprint density at radius 1 is 1.08 bits per heavy atom. The van der Waals surface area contributed by atoms with Gasteiger partial charge in [0.05, 0.1) is 28.0 Å². The van der Waals surface area contributed by atoms with Gasteiger partial charge in [-0.05, 0) is 44.2 Å². The fourth-order valence-electron chi connectivity index (χ4n) is 5.00. The van der Waals surface area contributed by atoms with Crippen molar-refractivity contribution in [2.75, 3.05) is 18.0 Å². The number of fused-ring (bicyclic) bond motifs is 1. The van der Waals surface area contributed by atoms with Crippen molar-refractivity contribution in [1.29, 1.82) is 5.26 Å². The number of benzene rings is 2. The van der Waals surface area contributed by atoms with E-state index in [1.165, 1.54) is 22.9 Å². The number of rotatable bonds is 5. The third-order valence-electron chi connectivity index (χ3n) is 7.03. The summed E-state index contributed by atoms with van der Waals surface area (Å²) in [6, 6.07) is 14.2. The van der Waals surface area contributed by atoms with Gasteiger partial charge in [0.1, 0.15) is 17.4 Å². The van der Waals surface area contributed by atoms with Gasteiger partial charge in [-0.2, -0.15) is 13.7 Å². The number of hydrogen-bond donors (Lipinski definition) is 0. The fourth-order valence-corrected chi connectivity index (χ4v) is 6.09. The first-order valence-electron chi connectivity index (χ1n) is 12.1. The summed E-state index contributed by atoms with van der Waals surface area (Å²) in [7, 11) is -2.32. The molecule has 196 valence electrons. The maximum Gasteiger partial charge on any atom is 0.284 e. The number of hydrogen-bond acceptors (Lipinski definition) is 8. The van der Waals surface area contributed by atoms with Crippen LogP contribution >= 0.6 is 0 Å². The molecule has 0 saturated carbocycles. The molecule has 1 fully saturated rings. The zero-order chi connectivity index (χ0) is 27.2. The summed E-state index contributed by atoms with van der Waals surface area (Å²) in [5.41, 5.74) is 1.66. The van der Waals surface area contributed by atoms with E-state index in [-0.39, 0.29) is 28.1 Å². The highest BCUT2D eigenvalue weighted by molar-refractivity contribution is 7.89. The van der Waals surface area contributed by atoms with E-state index < -0.39 is 15.8 Å². The number of aromatic nitrogens is 4. The summed E-state index contributed by atoms with van der Waals surface area (Å²) in [6.45, 7) is 5.57. The Balaban J connectivity index is 1.40. The molecule has 12 heteroatoms. The molecule has 4 aromatic rings. The maximum absolute atomic E-state index is 13.2. The van der Waals surface area contributed by atoms with Gasteiger partial charge in [0.15, 0.2) is 0 Å². The van der Waals surface area contributed by atoms with Crippen molar-refractivity contribution in [2.45, 2.75) is 37.4 Å². The molecule has 0 unspecified atom stereocenters. The molecule has 0 aliphatic carbocycles. The lowest BCUT2D eigenvalue weighted by Crippen LogP contribution is -2.56. The number of nitriles is 1. The molecule has 0 amide bonds. The molecule has 38 heavy (non-hydrogen) atoms. The monoisotopic (exact) mass is 535 g/mol. The number of anilines is 1. The van der Waals surface area contributed by atoms with Gasteiger partial charge in [-0.15, -0.1) is 9.19 Å². The fraction of sp³-hybridized carbons (Fsp3) is 0.308. The largest absolute Gasteiger partial charge is 0.364 e. The Bertz CT molecular complexity index is 1720. The van der Waals surface area contributed by atoms with E-state index in [1.54, 1.807) is 7.05 Å². The van der Waals surface area contributed by atoms with Gasteiger partial charge in [0.2, 0.25) is 0 Å². The van der Waals surface area contributed by atoms with E-state index in [0.29, 0.717) is 31.0 Å². The minimum Gasteiger partial charge on any atom is -0.364 e. The number of nitrogens with zero attached hydrogens (tertiary/aromatic N) is 7. The Labute approximate surface area is 219 Å². The minimum absolute atomic E-state index is 0.000538. The van der Waals surface area contributed by atoms with Crippen molar-refractivity contribution in [3.8, 4) is 6.07 Å². The molecule has 0 N–H and O–H groups in total. The van der Waals surface area contributed by atoms with Crippen LogP contribution in [0.1, 0.15) is 25.1 Å². The first-order chi connectivity index (χ1) is 18.1. The van der Waals surface area contributed by atoms with Gasteiger partial charge >= 0.3 is 0 Å². The molecule has 1 saturated heterocycles. The average molecular weight is 536 g/mol. The number of piperazine rings is 1. The van der Waals surface area contributed by atoms with E-state index in [2.05, 4.69) is 26.2 Å². The second-order valence-electron chi connectivity index (χ2n) is 9.54. The predicted molar refractivity (Wildman–Crippen MR) is 140 cm³/mol. The molecule has 0 bridgehead atoms. The topological polar surface area (TPSA) is 117 Å². The highest BCUT2D eigenvalue weighted by Crippen LogP contribution is 2.32. The Morgan fingerprint density at radius 2 is 1.79 bits per heavy atom. The van der Waals surface area contributed by atoms with Crippen LogP contribution < -0.4 is 10.5 Å². The molecule has 0 radical (unpaired) electrons. The van der Waals surface area contributed by atoms with Crippen molar-refractivity contribution < 1.29 is 12.8 Å². The number of pyridine rings is 1. The molecule has 2 aromatic carbocycles. The van der Waals surface area contributed by atoms with Crippen LogP contribution in [0.4, 0.5) is 10.1 Å². The summed E-state index contributed by atoms with van der Waals surface area (Å²) in [5, 5.41) is 18.6. The third-order valence-corrected chi connectivity index (χ3v) is 8.57. The number of aryl methyl sites for hydroxylation is 1. The Kier molecular flexibility index (Phi) is 6.50. The summed E-state index contributed by atoms with van der Waals surface area (Å²) >= 11 is 0. The van der Waals surface area contributed by atoms with Crippen LogP contribution in [-0.2, 0) is 23.6 Å². The zero-order valence-corrected chi connectivity index (χ0v) is 21.9. The lowest BCUT2D eigenvalue weighted by Gasteiger charge is -2.45.